The van der Waals surface area contributed by atoms with E-state index in [4.69, 9.17) is 29.9 Å². The minimum atomic E-state index is -0.415. The standard InChI is InChI=1S/C37H34ClN5O5S2/c1-37(2,28-13-7-25(8-14-28)23-49-35-42-40-33(47-35)26-9-15-29(38)16-10-26)19-5-21-45-32(44)22-46-31-17-11-27(12-18-31)34-41-43-36(48-34)50-24-30-6-3-4-20-39-30/h3-4,6-18,20H,5,19,21-24H2,1-2H3. The molecule has 0 fully saturated rings. The van der Waals surface area contributed by atoms with Crippen molar-refractivity contribution in [1.29, 1.82) is 0 Å². The summed E-state index contributed by atoms with van der Waals surface area (Å²) in [5, 5.41) is 18.2. The molecular weight excluding hydrogens is 694 g/mol. The Morgan fingerprint density at radius 3 is 2.06 bits per heavy atom. The van der Waals surface area contributed by atoms with Gasteiger partial charge >= 0.3 is 5.97 Å². The number of halogens is 1. The predicted molar refractivity (Wildman–Crippen MR) is 193 cm³/mol. The molecule has 13 heteroatoms. The number of aromatic nitrogens is 5. The molecule has 0 unspecified atom stereocenters. The molecule has 10 nitrogen and oxygen atoms in total. The highest BCUT2D eigenvalue weighted by molar-refractivity contribution is 7.98. The van der Waals surface area contributed by atoms with Crippen LogP contribution in [0, 0.1) is 0 Å². The first-order valence-electron chi connectivity index (χ1n) is 15.9. The first kappa shape index (κ1) is 35.2. The van der Waals surface area contributed by atoms with Crippen molar-refractivity contribution < 1.29 is 23.1 Å². The lowest BCUT2D eigenvalue weighted by Crippen LogP contribution is -2.20. The fourth-order valence-electron chi connectivity index (χ4n) is 4.90. The number of thioether (sulfide) groups is 2. The third kappa shape index (κ3) is 9.96. The van der Waals surface area contributed by atoms with Crippen molar-refractivity contribution in [3.63, 3.8) is 0 Å². The molecule has 0 saturated heterocycles. The molecule has 0 aliphatic carbocycles. The van der Waals surface area contributed by atoms with E-state index in [2.05, 4.69) is 63.5 Å². The largest absolute Gasteiger partial charge is 0.482 e. The molecular formula is C37H34ClN5O5S2. The van der Waals surface area contributed by atoms with E-state index in [1.54, 1.807) is 42.6 Å². The minimum Gasteiger partial charge on any atom is -0.482 e. The Labute approximate surface area is 303 Å². The Morgan fingerprint density at radius 1 is 0.780 bits per heavy atom. The molecule has 0 N–H and O–H groups in total. The minimum absolute atomic E-state index is 0.0901. The number of nitrogens with zero attached hydrogens (tertiary/aromatic N) is 5. The molecule has 0 bridgehead atoms. The maximum absolute atomic E-state index is 12.3. The maximum atomic E-state index is 12.3. The lowest BCUT2D eigenvalue weighted by Gasteiger charge is -2.25. The number of rotatable bonds is 16. The summed E-state index contributed by atoms with van der Waals surface area (Å²) < 4.78 is 22.6. The van der Waals surface area contributed by atoms with E-state index in [9.17, 15) is 4.79 Å². The molecule has 0 aliphatic heterocycles. The maximum Gasteiger partial charge on any atom is 0.344 e. The van der Waals surface area contributed by atoms with Crippen LogP contribution in [-0.2, 0) is 26.5 Å². The van der Waals surface area contributed by atoms with E-state index >= 15 is 0 Å². The van der Waals surface area contributed by atoms with Crippen molar-refractivity contribution in [3.05, 3.63) is 119 Å². The number of hydrogen-bond acceptors (Lipinski definition) is 12. The first-order valence-corrected chi connectivity index (χ1v) is 18.2. The molecule has 0 atom stereocenters. The normalized spacial score (nSPS) is 11.4. The van der Waals surface area contributed by atoms with Crippen LogP contribution in [0.25, 0.3) is 22.9 Å². The van der Waals surface area contributed by atoms with Crippen LogP contribution < -0.4 is 4.74 Å². The van der Waals surface area contributed by atoms with E-state index in [1.165, 1.54) is 29.1 Å². The monoisotopic (exact) mass is 727 g/mol. The number of esters is 1. The molecule has 256 valence electrons. The molecule has 0 radical (unpaired) electrons. The molecule has 50 heavy (non-hydrogen) atoms. The highest BCUT2D eigenvalue weighted by atomic mass is 35.5. The SMILES string of the molecule is CC(C)(CCCOC(=O)COc1ccc(-c2nnc(SCc3ccccn3)o2)cc1)c1ccc(CSc2nnc(-c3ccc(Cl)cc3)o2)cc1. The summed E-state index contributed by atoms with van der Waals surface area (Å²) >= 11 is 8.88. The number of carbonyl (C=O) groups is 1. The van der Waals surface area contributed by atoms with Gasteiger partial charge in [0.15, 0.2) is 6.61 Å². The van der Waals surface area contributed by atoms with Gasteiger partial charge in [-0.05, 0) is 90.0 Å². The van der Waals surface area contributed by atoms with Gasteiger partial charge in [-0.25, -0.2) is 4.79 Å². The fourth-order valence-corrected chi connectivity index (χ4v) is 6.42. The van der Waals surface area contributed by atoms with Gasteiger partial charge in [-0.2, -0.15) is 0 Å². The number of hydrogen-bond donors (Lipinski definition) is 0. The van der Waals surface area contributed by atoms with E-state index < -0.39 is 5.97 Å². The van der Waals surface area contributed by atoms with Crippen LogP contribution in [0.1, 0.15) is 43.5 Å². The van der Waals surface area contributed by atoms with Crippen LogP contribution in [0.2, 0.25) is 5.02 Å². The average Bonchev–Trinajstić information content (AvgIpc) is 3.83. The van der Waals surface area contributed by atoms with Crippen molar-refractivity contribution in [3.8, 4) is 28.7 Å². The van der Waals surface area contributed by atoms with Crippen LogP contribution in [-0.4, -0.2) is 44.6 Å². The summed E-state index contributed by atoms with van der Waals surface area (Å²) in [4.78, 5) is 16.6. The van der Waals surface area contributed by atoms with Gasteiger partial charge in [0.05, 0.1) is 12.3 Å². The van der Waals surface area contributed by atoms with Gasteiger partial charge in [-0.15, -0.1) is 20.4 Å². The molecule has 3 aromatic carbocycles. The molecule has 0 amide bonds. The highest BCUT2D eigenvalue weighted by Gasteiger charge is 2.21. The highest BCUT2D eigenvalue weighted by Crippen LogP contribution is 2.31. The van der Waals surface area contributed by atoms with Crippen molar-refractivity contribution in [2.24, 2.45) is 0 Å². The Balaban J connectivity index is 0.879. The molecule has 0 saturated carbocycles. The van der Waals surface area contributed by atoms with E-state index in [1.807, 2.05) is 30.3 Å². The Bertz CT molecular complexity index is 1970. The third-order valence-corrected chi connectivity index (χ3v) is 9.73. The van der Waals surface area contributed by atoms with E-state index in [0.29, 0.717) is 51.1 Å². The predicted octanol–water partition coefficient (Wildman–Crippen LogP) is 9.10. The van der Waals surface area contributed by atoms with Crippen molar-refractivity contribution in [1.82, 2.24) is 25.4 Å². The first-order chi connectivity index (χ1) is 24.3. The molecule has 0 aliphatic rings. The van der Waals surface area contributed by atoms with Crippen molar-refractivity contribution >= 4 is 41.1 Å². The topological polar surface area (TPSA) is 126 Å². The quantitative estimate of drug-likeness (QED) is 0.0536. The van der Waals surface area contributed by atoms with Crippen LogP contribution >= 0.6 is 35.1 Å². The molecule has 6 aromatic rings. The molecule has 0 spiro atoms. The lowest BCUT2D eigenvalue weighted by molar-refractivity contribution is -0.146. The number of ether oxygens (including phenoxy) is 2. The zero-order valence-electron chi connectivity index (χ0n) is 27.5. The number of pyridine rings is 1. The zero-order valence-corrected chi connectivity index (χ0v) is 29.8. The third-order valence-electron chi connectivity index (χ3n) is 7.74. The fraction of sp³-hybridized carbons (Fsp3) is 0.243. The van der Waals surface area contributed by atoms with E-state index in [-0.39, 0.29) is 12.0 Å². The summed E-state index contributed by atoms with van der Waals surface area (Å²) in [6.45, 7) is 4.53. The smallest absolute Gasteiger partial charge is 0.344 e. The molecule has 3 aromatic heterocycles. The van der Waals surface area contributed by atoms with Gasteiger partial charge < -0.3 is 18.3 Å². The van der Waals surface area contributed by atoms with Gasteiger partial charge in [-0.3, -0.25) is 4.98 Å². The summed E-state index contributed by atoms with van der Waals surface area (Å²) in [5.74, 6) is 2.34. The van der Waals surface area contributed by atoms with Gasteiger partial charge in [0.25, 0.3) is 10.4 Å². The second-order valence-electron chi connectivity index (χ2n) is 11.9. The Kier molecular flexibility index (Phi) is 11.9. The van der Waals surface area contributed by atoms with Crippen LogP contribution in [0.3, 0.4) is 0 Å². The van der Waals surface area contributed by atoms with Gasteiger partial charge in [0.2, 0.25) is 11.8 Å². The van der Waals surface area contributed by atoms with Crippen molar-refractivity contribution in [2.45, 2.75) is 54.1 Å². The Morgan fingerprint density at radius 2 is 1.42 bits per heavy atom. The molecule has 3 heterocycles. The summed E-state index contributed by atoms with van der Waals surface area (Å²) in [7, 11) is 0. The van der Waals surface area contributed by atoms with E-state index in [0.717, 1.165) is 35.2 Å². The molecule has 6 rings (SSSR count). The summed E-state index contributed by atoms with van der Waals surface area (Å²) in [6.07, 6.45) is 3.33. The number of benzene rings is 3. The van der Waals surface area contributed by atoms with Crippen molar-refractivity contribution in [2.75, 3.05) is 13.2 Å². The summed E-state index contributed by atoms with van der Waals surface area (Å²) in [5.41, 5.74) is 4.79. The second kappa shape index (κ2) is 16.8. The van der Waals surface area contributed by atoms with Gasteiger partial charge in [0.1, 0.15) is 5.75 Å². The zero-order chi connectivity index (χ0) is 34.8. The van der Waals surface area contributed by atoms with Crippen LogP contribution in [0.5, 0.6) is 5.75 Å². The second-order valence-corrected chi connectivity index (χ2v) is 14.2. The Hall–Kier alpha value is -4.65. The lowest BCUT2D eigenvalue weighted by atomic mass is 9.80. The average molecular weight is 728 g/mol. The van der Waals surface area contributed by atoms with Gasteiger partial charge in [0, 0.05) is 33.9 Å². The summed E-state index contributed by atoms with van der Waals surface area (Å²) in [6, 6.07) is 28.7. The van der Waals surface area contributed by atoms with Gasteiger partial charge in [-0.1, -0.05) is 79.3 Å². The van der Waals surface area contributed by atoms with Crippen LogP contribution in [0.4, 0.5) is 0 Å². The van der Waals surface area contributed by atoms with Crippen LogP contribution in [0.15, 0.2) is 116 Å². The number of carbonyl (C=O) groups excluding carboxylic acids is 1.